The highest BCUT2D eigenvalue weighted by Crippen LogP contribution is 2.22. The Morgan fingerprint density at radius 1 is 1.15 bits per heavy atom. The first-order valence-electron chi connectivity index (χ1n) is 9.13. The summed E-state index contributed by atoms with van der Waals surface area (Å²) in [7, 11) is 1.57. The minimum atomic E-state index is -1.00. The van der Waals surface area contributed by atoms with E-state index in [4.69, 9.17) is 0 Å². The standard InChI is InChI=1S/C20H28N2O4/c1-14(2)18(23)22-11-9-16(10-12-22)19(24)21(3)17(20(25)26)13-15-7-5-4-6-8-15/h4-8,14,16-17H,9-13H2,1-3H3,(H,25,26). The predicted molar refractivity (Wildman–Crippen MR) is 98.5 cm³/mol. The molecular formula is C20H28N2O4. The summed E-state index contributed by atoms with van der Waals surface area (Å²) < 4.78 is 0. The first-order chi connectivity index (χ1) is 12.3. The van der Waals surface area contributed by atoms with Crippen molar-refractivity contribution in [2.75, 3.05) is 20.1 Å². The number of carbonyl (C=O) groups excluding carboxylic acids is 2. The van der Waals surface area contributed by atoms with Crippen LogP contribution in [0.25, 0.3) is 0 Å². The summed E-state index contributed by atoms with van der Waals surface area (Å²) in [4.78, 5) is 39.7. The van der Waals surface area contributed by atoms with Crippen LogP contribution >= 0.6 is 0 Å². The van der Waals surface area contributed by atoms with Crippen LogP contribution < -0.4 is 0 Å². The molecule has 1 aliphatic rings. The highest BCUT2D eigenvalue weighted by Gasteiger charge is 2.34. The second-order valence-electron chi connectivity index (χ2n) is 7.25. The number of likely N-dealkylation sites (N-methyl/N-ethyl adjacent to an activating group) is 1. The maximum absolute atomic E-state index is 12.8. The number of nitrogens with zero attached hydrogens (tertiary/aromatic N) is 2. The molecule has 0 saturated carbocycles. The predicted octanol–water partition coefficient (Wildman–Crippen LogP) is 2.04. The second kappa shape index (κ2) is 8.83. The van der Waals surface area contributed by atoms with Crippen LogP contribution in [0, 0.1) is 11.8 Å². The molecule has 26 heavy (non-hydrogen) atoms. The quantitative estimate of drug-likeness (QED) is 0.842. The van der Waals surface area contributed by atoms with Gasteiger partial charge >= 0.3 is 5.97 Å². The van der Waals surface area contributed by atoms with Gasteiger partial charge in [-0.1, -0.05) is 44.2 Å². The zero-order chi connectivity index (χ0) is 19.3. The van der Waals surface area contributed by atoms with E-state index in [0.717, 1.165) is 5.56 Å². The Hall–Kier alpha value is -2.37. The lowest BCUT2D eigenvalue weighted by Gasteiger charge is -2.35. The topological polar surface area (TPSA) is 77.9 Å². The molecule has 2 rings (SSSR count). The summed E-state index contributed by atoms with van der Waals surface area (Å²) in [6, 6.07) is 8.43. The van der Waals surface area contributed by atoms with E-state index in [1.165, 1.54) is 4.90 Å². The van der Waals surface area contributed by atoms with Gasteiger partial charge in [0, 0.05) is 38.4 Å². The molecule has 1 fully saturated rings. The third-order valence-corrected chi connectivity index (χ3v) is 5.02. The summed E-state index contributed by atoms with van der Waals surface area (Å²) in [6.07, 6.45) is 1.45. The number of likely N-dealkylation sites (tertiary alicyclic amines) is 1. The summed E-state index contributed by atoms with van der Waals surface area (Å²) in [5, 5.41) is 9.58. The zero-order valence-electron chi connectivity index (χ0n) is 15.7. The van der Waals surface area contributed by atoms with E-state index >= 15 is 0 Å². The molecule has 1 aromatic carbocycles. The Bertz CT molecular complexity index is 636. The van der Waals surface area contributed by atoms with E-state index in [0.29, 0.717) is 25.9 Å². The first-order valence-corrected chi connectivity index (χ1v) is 9.13. The third-order valence-electron chi connectivity index (χ3n) is 5.02. The maximum Gasteiger partial charge on any atom is 0.326 e. The van der Waals surface area contributed by atoms with Crippen molar-refractivity contribution >= 4 is 17.8 Å². The third kappa shape index (κ3) is 4.84. The molecule has 1 saturated heterocycles. The highest BCUT2D eigenvalue weighted by molar-refractivity contribution is 5.85. The van der Waals surface area contributed by atoms with Gasteiger partial charge in [0.25, 0.3) is 0 Å². The Labute approximate surface area is 154 Å². The van der Waals surface area contributed by atoms with Crippen molar-refractivity contribution in [1.82, 2.24) is 9.80 Å². The monoisotopic (exact) mass is 360 g/mol. The number of amides is 2. The van der Waals surface area contributed by atoms with Gasteiger partial charge in [-0.15, -0.1) is 0 Å². The number of aliphatic carboxylic acids is 1. The number of rotatable bonds is 6. The second-order valence-corrected chi connectivity index (χ2v) is 7.25. The van der Waals surface area contributed by atoms with E-state index in [9.17, 15) is 19.5 Å². The van der Waals surface area contributed by atoms with Crippen LogP contribution in [0.5, 0.6) is 0 Å². The summed E-state index contributed by atoms with van der Waals surface area (Å²) in [6.45, 7) is 4.85. The van der Waals surface area contributed by atoms with Gasteiger partial charge in [0.1, 0.15) is 6.04 Å². The molecule has 1 aromatic rings. The van der Waals surface area contributed by atoms with Crippen molar-refractivity contribution in [1.29, 1.82) is 0 Å². The van der Waals surface area contributed by atoms with Crippen molar-refractivity contribution in [3.8, 4) is 0 Å². The SMILES string of the molecule is CC(C)C(=O)N1CCC(C(=O)N(C)C(Cc2ccccc2)C(=O)O)CC1. The maximum atomic E-state index is 12.8. The lowest BCUT2D eigenvalue weighted by Crippen LogP contribution is -2.49. The highest BCUT2D eigenvalue weighted by atomic mass is 16.4. The molecule has 1 heterocycles. The van der Waals surface area contributed by atoms with Gasteiger partial charge in [-0.3, -0.25) is 9.59 Å². The molecule has 0 radical (unpaired) electrons. The molecule has 0 bridgehead atoms. The fraction of sp³-hybridized carbons (Fsp3) is 0.550. The van der Waals surface area contributed by atoms with Crippen LogP contribution in [0.2, 0.25) is 0 Å². The van der Waals surface area contributed by atoms with Crippen molar-refractivity contribution in [3.05, 3.63) is 35.9 Å². The van der Waals surface area contributed by atoms with Crippen LogP contribution in [-0.4, -0.2) is 58.9 Å². The average molecular weight is 360 g/mol. The number of benzene rings is 1. The van der Waals surface area contributed by atoms with E-state index < -0.39 is 12.0 Å². The Balaban J connectivity index is 1.99. The minimum Gasteiger partial charge on any atom is -0.480 e. The lowest BCUT2D eigenvalue weighted by molar-refractivity contribution is -0.151. The molecule has 0 spiro atoms. The van der Waals surface area contributed by atoms with Crippen LogP contribution in [0.1, 0.15) is 32.3 Å². The molecule has 1 unspecified atom stereocenters. The number of carbonyl (C=O) groups is 3. The largest absolute Gasteiger partial charge is 0.480 e. The smallest absolute Gasteiger partial charge is 0.326 e. The number of hydrogen-bond acceptors (Lipinski definition) is 3. The van der Waals surface area contributed by atoms with Gasteiger partial charge in [-0.2, -0.15) is 0 Å². The Morgan fingerprint density at radius 3 is 2.23 bits per heavy atom. The van der Waals surface area contributed by atoms with Gasteiger partial charge < -0.3 is 14.9 Å². The zero-order valence-corrected chi connectivity index (χ0v) is 15.7. The van der Waals surface area contributed by atoms with E-state index in [1.807, 2.05) is 44.2 Å². The molecule has 6 nitrogen and oxygen atoms in total. The minimum absolute atomic E-state index is 0.0489. The van der Waals surface area contributed by atoms with Crippen molar-refractivity contribution in [3.63, 3.8) is 0 Å². The molecule has 1 atom stereocenters. The summed E-state index contributed by atoms with van der Waals surface area (Å²) in [5.41, 5.74) is 0.886. The molecule has 0 aliphatic carbocycles. The average Bonchev–Trinajstić information content (AvgIpc) is 2.65. The summed E-state index contributed by atoms with van der Waals surface area (Å²) >= 11 is 0. The number of piperidine rings is 1. The van der Waals surface area contributed by atoms with Gasteiger partial charge in [0.15, 0.2) is 0 Å². The molecule has 0 aromatic heterocycles. The fourth-order valence-corrected chi connectivity index (χ4v) is 3.38. The van der Waals surface area contributed by atoms with Gasteiger partial charge in [-0.25, -0.2) is 4.79 Å². The van der Waals surface area contributed by atoms with E-state index in [2.05, 4.69) is 0 Å². The van der Waals surface area contributed by atoms with E-state index in [1.54, 1.807) is 11.9 Å². The van der Waals surface area contributed by atoms with Crippen molar-refractivity contribution in [2.24, 2.45) is 11.8 Å². The number of carboxylic acid groups (broad SMARTS) is 1. The fourth-order valence-electron chi connectivity index (χ4n) is 3.38. The van der Waals surface area contributed by atoms with Crippen molar-refractivity contribution < 1.29 is 19.5 Å². The first kappa shape index (κ1) is 19.9. The van der Waals surface area contributed by atoms with Crippen LogP contribution in [0.4, 0.5) is 0 Å². The van der Waals surface area contributed by atoms with Crippen molar-refractivity contribution in [2.45, 2.75) is 39.2 Å². The normalized spacial score (nSPS) is 16.4. The Morgan fingerprint density at radius 2 is 1.73 bits per heavy atom. The van der Waals surface area contributed by atoms with Gasteiger partial charge in [0.05, 0.1) is 0 Å². The summed E-state index contributed by atoms with van der Waals surface area (Å²) in [5.74, 6) is -1.32. The molecule has 1 N–H and O–H groups in total. The van der Waals surface area contributed by atoms with Crippen LogP contribution in [-0.2, 0) is 20.8 Å². The molecule has 1 aliphatic heterocycles. The van der Waals surface area contributed by atoms with E-state index in [-0.39, 0.29) is 30.1 Å². The van der Waals surface area contributed by atoms with Gasteiger partial charge in [-0.05, 0) is 18.4 Å². The number of hydrogen-bond donors (Lipinski definition) is 1. The molecule has 6 heteroatoms. The molecule has 142 valence electrons. The Kier molecular flexibility index (Phi) is 6.77. The van der Waals surface area contributed by atoms with Crippen LogP contribution in [0.3, 0.4) is 0 Å². The molecule has 2 amide bonds. The van der Waals surface area contributed by atoms with Crippen LogP contribution in [0.15, 0.2) is 30.3 Å². The lowest BCUT2D eigenvalue weighted by atomic mass is 9.93. The molecular weight excluding hydrogens is 332 g/mol. The van der Waals surface area contributed by atoms with Gasteiger partial charge in [0.2, 0.25) is 11.8 Å². The number of carboxylic acids is 1.